The topological polar surface area (TPSA) is 73.2 Å². The van der Waals surface area contributed by atoms with E-state index in [9.17, 15) is 8.42 Å². The number of nitrogens with zero attached hydrogens (tertiary/aromatic N) is 2. The molecule has 0 fully saturated rings. The lowest BCUT2D eigenvalue weighted by Crippen LogP contribution is -2.27. The molecule has 1 aromatic carbocycles. The van der Waals surface area contributed by atoms with Crippen molar-refractivity contribution in [2.45, 2.75) is 31.7 Å². The third-order valence-corrected chi connectivity index (χ3v) is 4.92. The molecule has 1 aromatic heterocycles. The fourth-order valence-electron chi connectivity index (χ4n) is 2.23. The minimum atomic E-state index is -3.60. The smallest absolute Gasteiger partial charge is 0.244 e. The van der Waals surface area contributed by atoms with Crippen LogP contribution in [0.4, 0.5) is 0 Å². The normalized spacial score (nSPS) is 13.1. The third kappa shape index (κ3) is 3.66. The molecule has 2 rings (SSSR count). The SMILES string of the molecule is CCOc1ccc(C(C)NS(=O)(=O)c2cn(C)nc2C)cc1. The number of aryl methyl sites for hydroxylation is 2. The van der Waals surface area contributed by atoms with Crippen LogP contribution in [0.5, 0.6) is 5.75 Å². The van der Waals surface area contributed by atoms with Gasteiger partial charge in [0.15, 0.2) is 0 Å². The zero-order chi connectivity index (χ0) is 16.3. The molecular formula is C15H21N3O3S. The van der Waals surface area contributed by atoms with Crippen LogP contribution in [-0.4, -0.2) is 24.8 Å². The first-order valence-corrected chi connectivity index (χ1v) is 8.57. The van der Waals surface area contributed by atoms with E-state index in [-0.39, 0.29) is 10.9 Å². The molecule has 7 heteroatoms. The predicted molar refractivity (Wildman–Crippen MR) is 84.3 cm³/mol. The number of hydrogen-bond donors (Lipinski definition) is 1. The molecule has 1 atom stereocenters. The number of aromatic nitrogens is 2. The molecule has 0 aliphatic rings. The highest BCUT2D eigenvalue weighted by molar-refractivity contribution is 7.89. The Hall–Kier alpha value is -1.86. The molecule has 22 heavy (non-hydrogen) atoms. The lowest BCUT2D eigenvalue weighted by atomic mass is 10.1. The van der Waals surface area contributed by atoms with Crippen LogP contribution in [0.15, 0.2) is 35.4 Å². The summed E-state index contributed by atoms with van der Waals surface area (Å²) >= 11 is 0. The summed E-state index contributed by atoms with van der Waals surface area (Å²) in [6, 6.07) is 7.03. The lowest BCUT2D eigenvalue weighted by Gasteiger charge is -2.15. The van der Waals surface area contributed by atoms with Crippen LogP contribution in [0.2, 0.25) is 0 Å². The van der Waals surface area contributed by atoms with E-state index < -0.39 is 10.0 Å². The molecule has 0 spiro atoms. The predicted octanol–water partition coefficient (Wildman–Crippen LogP) is 2.17. The van der Waals surface area contributed by atoms with E-state index in [1.54, 1.807) is 20.9 Å². The van der Waals surface area contributed by atoms with Crippen molar-refractivity contribution in [2.24, 2.45) is 7.05 Å². The second-order valence-corrected chi connectivity index (χ2v) is 6.78. The summed E-state index contributed by atoms with van der Waals surface area (Å²) in [5.41, 5.74) is 1.35. The molecule has 1 N–H and O–H groups in total. The Bertz CT molecular complexity index is 736. The molecule has 0 aliphatic carbocycles. The summed E-state index contributed by atoms with van der Waals surface area (Å²) in [6.07, 6.45) is 1.50. The Morgan fingerprint density at radius 1 is 1.32 bits per heavy atom. The zero-order valence-electron chi connectivity index (χ0n) is 13.2. The summed E-state index contributed by atoms with van der Waals surface area (Å²) in [5, 5.41) is 4.07. The van der Waals surface area contributed by atoms with Gasteiger partial charge in [-0.1, -0.05) is 12.1 Å². The number of rotatable bonds is 6. The maximum Gasteiger partial charge on any atom is 0.244 e. The van der Waals surface area contributed by atoms with Gasteiger partial charge in [0, 0.05) is 19.3 Å². The molecule has 0 amide bonds. The summed E-state index contributed by atoms with van der Waals surface area (Å²) in [4.78, 5) is 0.202. The van der Waals surface area contributed by atoms with Gasteiger partial charge in [0.25, 0.3) is 0 Å². The van der Waals surface area contributed by atoms with Crippen molar-refractivity contribution in [3.8, 4) is 5.75 Å². The van der Waals surface area contributed by atoms with Gasteiger partial charge in [-0.25, -0.2) is 13.1 Å². The Balaban J connectivity index is 2.16. The molecule has 0 aliphatic heterocycles. The molecule has 1 heterocycles. The minimum Gasteiger partial charge on any atom is -0.494 e. The first-order chi connectivity index (χ1) is 10.3. The number of sulfonamides is 1. The van der Waals surface area contributed by atoms with Crippen LogP contribution in [0, 0.1) is 6.92 Å². The summed E-state index contributed by atoms with van der Waals surface area (Å²) in [6.45, 7) is 6.00. The van der Waals surface area contributed by atoms with E-state index >= 15 is 0 Å². The van der Waals surface area contributed by atoms with Crippen molar-refractivity contribution in [1.82, 2.24) is 14.5 Å². The maximum atomic E-state index is 12.4. The lowest BCUT2D eigenvalue weighted by molar-refractivity contribution is 0.340. The maximum absolute atomic E-state index is 12.4. The first-order valence-electron chi connectivity index (χ1n) is 7.09. The standard InChI is InChI=1S/C15H21N3O3S/c1-5-21-14-8-6-13(7-9-14)11(2)17-22(19,20)15-10-18(4)16-12(15)3/h6-11,17H,5H2,1-4H3. The first kappa shape index (κ1) is 16.5. The van der Waals surface area contributed by atoms with Crippen LogP contribution in [-0.2, 0) is 17.1 Å². The number of hydrogen-bond acceptors (Lipinski definition) is 4. The highest BCUT2D eigenvalue weighted by Gasteiger charge is 2.22. The molecule has 0 saturated heterocycles. The Labute approximate surface area is 131 Å². The van der Waals surface area contributed by atoms with Crippen molar-refractivity contribution in [1.29, 1.82) is 0 Å². The highest BCUT2D eigenvalue weighted by Crippen LogP contribution is 2.21. The van der Waals surface area contributed by atoms with Crippen LogP contribution in [0.1, 0.15) is 31.1 Å². The molecular weight excluding hydrogens is 302 g/mol. The van der Waals surface area contributed by atoms with Crippen molar-refractivity contribution >= 4 is 10.0 Å². The van der Waals surface area contributed by atoms with E-state index in [4.69, 9.17) is 4.74 Å². The summed E-state index contributed by atoms with van der Waals surface area (Å²) in [5.74, 6) is 0.768. The van der Waals surface area contributed by atoms with E-state index in [1.807, 2.05) is 31.2 Å². The quantitative estimate of drug-likeness (QED) is 0.884. The van der Waals surface area contributed by atoms with Crippen molar-refractivity contribution < 1.29 is 13.2 Å². The number of nitrogens with one attached hydrogen (secondary N) is 1. The van der Waals surface area contributed by atoms with Crippen LogP contribution < -0.4 is 9.46 Å². The van der Waals surface area contributed by atoms with Gasteiger partial charge in [-0.05, 0) is 38.5 Å². The average Bonchev–Trinajstić information content (AvgIpc) is 2.79. The van der Waals surface area contributed by atoms with E-state index in [0.717, 1.165) is 11.3 Å². The monoisotopic (exact) mass is 323 g/mol. The van der Waals surface area contributed by atoms with E-state index in [2.05, 4.69) is 9.82 Å². The summed E-state index contributed by atoms with van der Waals surface area (Å²) in [7, 11) is -1.91. The van der Waals surface area contributed by atoms with Crippen LogP contribution >= 0.6 is 0 Å². The number of benzene rings is 1. The van der Waals surface area contributed by atoms with E-state index in [1.165, 1.54) is 10.9 Å². The molecule has 0 bridgehead atoms. The molecule has 6 nitrogen and oxygen atoms in total. The van der Waals surface area contributed by atoms with Crippen LogP contribution in [0.3, 0.4) is 0 Å². The number of ether oxygens (including phenoxy) is 1. The second kappa shape index (κ2) is 6.50. The average molecular weight is 323 g/mol. The van der Waals surface area contributed by atoms with Gasteiger partial charge in [-0.3, -0.25) is 4.68 Å². The second-order valence-electron chi connectivity index (χ2n) is 5.10. The van der Waals surface area contributed by atoms with Gasteiger partial charge in [-0.2, -0.15) is 5.10 Å². The fourth-order valence-corrected chi connectivity index (χ4v) is 3.67. The zero-order valence-corrected chi connectivity index (χ0v) is 14.0. The molecule has 0 radical (unpaired) electrons. The fraction of sp³-hybridized carbons (Fsp3) is 0.400. The Morgan fingerprint density at radius 3 is 2.45 bits per heavy atom. The summed E-state index contributed by atoms with van der Waals surface area (Å²) < 4.78 is 34.4. The molecule has 0 saturated carbocycles. The van der Waals surface area contributed by atoms with Crippen molar-refractivity contribution in [2.75, 3.05) is 6.61 Å². The van der Waals surface area contributed by atoms with Gasteiger partial charge in [0.2, 0.25) is 10.0 Å². The van der Waals surface area contributed by atoms with Crippen molar-refractivity contribution in [3.63, 3.8) is 0 Å². The Kier molecular flexibility index (Phi) is 4.87. The third-order valence-electron chi connectivity index (χ3n) is 3.28. The van der Waals surface area contributed by atoms with Crippen molar-refractivity contribution in [3.05, 3.63) is 41.7 Å². The molecule has 1 unspecified atom stereocenters. The van der Waals surface area contributed by atoms with Gasteiger partial charge < -0.3 is 4.74 Å². The van der Waals surface area contributed by atoms with Gasteiger partial charge in [0.05, 0.1) is 12.3 Å². The van der Waals surface area contributed by atoms with E-state index in [0.29, 0.717) is 12.3 Å². The van der Waals surface area contributed by atoms with Gasteiger partial charge in [-0.15, -0.1) is 0 Å². The molecule has 2 aromatic rings. The highest BCUT2D eigenvalue weighted by atomic mass is 32.2. The molecule has 120 valence electrons. The minimum absolute atomic E-state index is 0.202. The Morgan fingerprint density at radius 2 is 1.95 bits per heavy atom. The van der Waals surface area contributed by atoms with Gasteiger partial charge in [0.1, 0.15) is 10.6 Å². The van der Waals surface area contributed by atoms with Gasteiger partial charge >= 0.3 is 0 Å². The van der Waals surface area contributed by atoms with Crippen LogP contribution in [0.25, 0.3) is 0 Å². The largest absolute Gasteiger partial charge is 0.494 e.